The standard InChI is InChI=1S/C35H69NO4/c1-5-8-11-14-19-24-32-39-34(37)29-25-31-36(4)30-23-18-15-17-22-28-35(38)40-33(26-20-13-10-7-3)27-21-16-12-9-6-2/h33H,5-32H2,1-4H3. The Morgan fingerprint density at radius 1 is 0.525 bits per heavy atom. The molecule has 0 N–H and O–H groups in total. The van der Waals surface area contributed by atoms with Gasteiger partial charge in [0.05, 0.1) is 6.61 Å². The van der Waals surface area contributed by atoms with Crippen molar-refractivity contribution in [1.82, 2.24) is 4.90 Å². The van der Waals surface area contributed by atoms with Crippen LogP contribution in [0.25, 0.3) is 0 Å². The van der Waals surface area contributed by atoms with Gasteiger partial charge in [-0.25, -0.2) is 0 Å². The Labute approximate surface area is 249 Å². The molecule has 0 amide bonds. The summed E-state index contributed by atoms with van der Waals surface area (Å²) in [4.78, 5) is 26.7. The molecule has 0 bridgehead atoms. The highest BCUT2D eigenvalue weighted by molar-refractivity contribution is 5.69. The Morgan fingerprint density at radius 2 is 0.975 bits per heavy atom. The fourth-order valence-electron chi connectivity index (χ4n) is 5.21. The smallest absolute Gasteiger partial charge is 0.306 e. The molecule has 0 saturated carbocycles. The second-order valence-electron chi connectivity index (χ2n) is 12.1. The second kappa shape index (κ2) is 30.8. The van der Waals surface area contributed by atoms with Gasteiger partial charge < -0.3 is 14.4 Å². The maximum atomic E-state index is 12.5. The van der Waals surface area contributed by atoms with E-state index >= 15 is 0 Å². The normalized spacial score (nSPS) is 12.1. The highest BCUT2D eigenvalue weighted by atomic mass is 16.5. The van der Waals surface area contributed by atoms with Gasteiger partial charge in [-0.15, -0.1) is 0 Å². The molecule has 1 unspecified atom stereocenters. The average molecular weight is 568 g/mol. The number of unbranched alkanes of at least 4 members (excludes halogenated alkanes) is 16. The number of rotatable bonds is 31. The topological polar surface area (TPSA) is 55.8 Å². The SMILES string of the molecule is CCCCCCCCOC(=O)CCCN(C)CCCCCCCC(=O)OC(CCCCCC)CCCCCCC. The first kappa shape index (κ1) is 38.9. The molecule has 0 aromatic rings. The lowest BCUT2D eigenvalue weighted by Crippen LogP contribution is -2.22. The quantitative estimate of drug-likeness (QED) is 0.0616. The Morgan fingerprint density at radius 3 is 1.60 bits per heavy atom. The number of carbonyl (C=O) groups is 2. The van der Waals surface area contributed by atoms with Crippen molar-refractivity contribution in [3.8, 4) is 0 Å². The van der Waals surface area contributed by atoms with Crippen LogP contribution < -0.4 is 0 Å². The van der Waals surface area contributed by atoms with E-state index in [0.717, 1.165) is 51.6 Å². The molecule has 0 fully saturated rings. The van der Waals surface area contributed by atoms with E-state index in [1.165, 1.54) is 109 Å². The number of hydrogen-bond acceptors (Lipinski definition) is 5. The van der Waals surface area contributed by atoms with Crippen molar-refractivity contribution in [2.45, 2.75) is 187 Å². The van der Waals surface area contributed by atoms with E-state index in [4.69, 9.17) is 9.47 Å². The second-order valence-corrected chi connectivity index (χ2v) is 12.1. The summed E-state index contributed by atoms with van der Waals surface area (Å²) < 4.78 is 11.3. The number of hydrogen-bond donors (Lipinski definition) is 0. The summed E-state index contributed by atoms with van der Waals surface area (Å²) in [5.74, 6) is -0.0328. The molecule has 40 heavy (non-hydrogen) atoms. The predicted octanol–water partition coefficient (Wildman–Crippen LogP) is 10.2. The van der Waals surface area contributed by atoms with Crippen LogP contribution in [0.5, 0.6) is 0 Å². The molecule has 5 nitrogen and oxygen atoms in total. The summed E-state index contributed by atoms with van der Waals surface area (Å²) in [6, 6.07) is 0. The van der Waals surface area contributed by atoms with Crippen LogP contribution in [0.15, 0.2) is 0 Å². The van der Waals surface area contributed by atoms with Crippen LogP contribution >= 0.6 is 0 Å². The molecule has 5 heteroatoms. The van der Waals surface area contributed by atoms with Crippen LogP contribution in [0.1, 0.15) is 181 Å². The van der Waals surface area contributed by atoms with Gasteiger partial charge in [0, 0.05) is 12.8 Å². The molecule has 0 aliphatic heterocycles. The van der Waals surface area contributed by atoms with E-state index in [0.29, 0.717) is 19.4 Å². The van der Waals surface area contributed by atoms with Gasteiger partial charge in [-0.05, 0) is 71.5 Å². The Bertz CT molecular complexity index is 554. The zero-order valence-corrected chi connectivity index (χ0v) is 27.5. The van der Waals surface area contributed by atoms with Crippen LogP contribution in [-0.4, -0.2) is 49.7 Å². The fraction of sp³-hybridized carbons (Fsp3) is 0.943. The third kappa shape index (κ3) is 28.4. The maximum absolute atomic E-state index is 12.5. The van der Waals surface area contributed by atoms with Crippen molar-refractivity contribution in [2.24, 2.45) is 0 Å². The molecule has 0 aliphatic carbocycles. The van der Waals surface area contributed by atoms with E-state index in [9.17, 15) is 9.59 Å². The maximum Gasteiger partial charge on any atom is 0.306 e. The van der Waals surface area contributed by atoms with Gasteiger partial charge in [0.1, 0.15) is 6.10 Å². The molecule has 0 saturated heterocycles. The fourth-order valence-corrected chi connectivity index (χ4v) is 5.21. The summed E-state index contributed by atoms with van der Waals surface area (Å²) >= 11 is 0. The third-order valence-corrected chi connectivity index (χ3v) is 7.91. The van der Waals surface area contributed by atoms with E-state index < -0.39 is 0 Å². The molecule has 0 radical (unpaired) electrons. The molecular weight excluding hydrogens is 498 g/mol. The largest absolute Gasteiger partial charge is 0.466 e. The van der Waals surface area contributed by atoms with E-state index in [-0.39, 0.29) is 18.0 Å². The van der Waals surface area contributed by atoms with E-state index in [1.54, 1.807) is 0 Å². The molecular formula is C35H69NO4. The van der Waals surface area contributed by atoms with Crippen molar-refractivity contribution in [1.29, 1.82) is 0 Å². The molecule has 0 rings (SSSR count). The van der Waals surface area contributed by atoms with Gasteiger partial charge in [-0.2, -0.15) is 0 Å². The zero-order valence-electron chi connectivity index (χ0n) is 27.5. The summed E-state index contributed by atoms with van der Waals surface area (Å²) in [6.45, 7) is 9.30. The molecule has 238 valence electrons. The first-order valence-corrected chi connectivity index (χ1v) is 17.6. The van der Waals surface area contributed by atoms with E-state index in [1.807, 2.05) is 0 Å². The number of ether oxygens (including phenoxy) is 2. The molecule has 0 spiro atoms. The molecule has 0 aromatic carbocycles. The first-order valence-electron chi connectivity index (χ1n) is 17.6. The minimum Gasteiger partial charge on any atom is -0.466 e. The highest BCUT2D eigenvalue weighted by Crippen LogP contribution is 2.17. The van der Waals surface area contributed by atoms with Gasteiger partial charge in [0.15, 0.2) is 0 Å². The van der Waals surface area contributed by atoms with Gasteiger partial charge in [0.25, 0.3) is 0 Å². The lowest BCUT2D eigenvalue weighted by atomic mass is 10.0. The molecule has 0 aromatic heterocycles. The van der Waals surface area contributed by atoms with Gasteiger partial charge in [0.2, 0.25) is 0 Å². The first-order chi connectivity index (χ1) is 19.5. The minimum absolute atomic E-state index is 0.0132. The van der Waals surface area contributed by atoms with Crippen molar-refractivity contribution in [3.63, 3.8) is 0 Å². The summed E-state index contributed by atoms with van der Waals surface area (Å²) in [5, 5.41) is 0. The van der Waals surface area contributed by atoms with Crippen molar-refractivity contribution < 1.29 is 19.1 Å². The molecule has 0 aliphatic rings. The van der Waals surface area contributed by atoms with Crippen molar-refractivity contribution in [3.05, 3.63) is 0 Å². The minimum atomic E-state index is -0.0460. The van der Waals surface area contributed by atoms with Crippen molar-refractivity contribution >= 4 is 11.9 Å². The number of carbonyl (C=O) groups excluding carboxylic acids is 2. The predicted molar refractivity (Wildman–Crippen MR) is 171 cm³/mol. The van der Waals surface area contributed by atoms with Crippen LogP contribution in [-0.2, 0) is 19.1 Å². The van der Waals surface area contributed by atoms with Gasteiger partial charge in [-0.1, -0.05) is 117 Å². The lowest BCUT2D eigenvalue weighted by Gasteiger charge is -2.18. The van der Waals surface area contributed by atoms with E-state index in [2.05, 4.69) is 32.7 Å². The third-order valence-electron chi connectivity index (χ3n) is 7.91. The number of nitrogens with zero attached hydrogens (tertiary/aromatic N) is 1. The average Bonchev–Trinajstić information content (AvgIpc) is 2.94. The van der Waals surface area contributed by atoms with Gasteiger partial charge in [-0.3, -0.25) is 9.59 Å². The highest BCUT2D eigenvalue weighted by Gasteiger charge is 2.14. The monoisotopic (exact) mass is 568 g/mol. The van der Waals surface area contributed by atoms with Crippen LogP contribution in [0.4, 0.5) is 0 Å². The Kier molecular flexibility index (Phi) is 30.0. The van der Waals surface area contributed by atoms with Crippen LogP contribution in [0, 0.1) is 0 Å². The number of esters is 2. The lowest BCUT2D eigenvalue weighted by molar-refractivity contribution is -0.150. The van der Waals surface area contributed by atoms with Gasteiger partial charge >= 0.3 is 11.9 Å². The zero-order chi connectivity index (χ0) is 29.5. The Balaban J connectivity index is 3.77. The molecule has 0 heterocycles. The summed E-state index contributed by atoms with van der Waals surface area (Å²) in [5.41, 5.74) is 0. The summed E-state index contributed by atoms with van der Waals surface area (Å²) in [6.07, 6.45) is 28.3. The van der Waals surface area contributed by atoms with Crippen LogP contribution in [0.2, 0.25) is 0 Å². The Hall–Kier alpha value is -1.10. The molecule has 1 atom stereocenters. The van der Waals surface area contributed by atoms with Crippen molar-refractivity contribution in [2.75, 3.05) is 26.7 Å². The van der Waals surface area contributed by atoms with Crippen LogP contribution in [0.3, 0.4) is 0 Å². The summed E-state index contributed by atoms with van der Waals surface area (Å²) in [7, 11) is 2.14.